The minimum Gasteiger partial charge on any atom is -0.382 e. The summed E-state index contributed by atoms with van der Waals surface area (Å²) in [6.45, 7) is 2.11. The van der Waals surface area contributed by atoms with Crippen molar-refractivity contribution in [3.63, 3.8) is 0 Å². The molecule has 1 heterocycles. The van der Waals surface area contributed by atoms with Gasteiger partial charge in [0, 0.05) is 20.3 Å². The van der Waals surface area contributed by atoms with Crippen LogP contribution in [0.2, 0.25) is 5.02 Å². The molecule has 0 aliphatic carbocycles. The third-order valence-corrected chi connectivity index (χ3v) is 6.74. The summed E-state index contributed by atoms with van der Waals surface area (Å²) in [4.78, 5) is 0. The molecule has 0 saturated carbocycles. The summed E-state index contributed by atoms with van der Waals surface area (Å²) in [5.41, 5.74) is 0. The lowest BCUT2D eigenvalue weighted by molar-refractivity contribution is 0.0689. The second-order valence-electron chi connectivity index (χ2n) is 3.90. The average Bonchev–Trinajstić information content (AvgIpc) is 2.74. The van der Waals surface area contributed by atoms with Crippen LogP contribution in [0.15, 0.2) is 14.1 Å². The standard InChI is InChI=1S/C11H17BrClNO4S2/c1-17-6-7-18-5-3-2-4-14-20(15,16)10-8-9(13)11(12)19-10/h8,14H,2-7H2,1H3. The Hall–Kier alpha value is 0.300. The van der Waals surface area contributed by atoms with Crippen molar-refractivity contribution in [3.05, 3.63) is 14.9 Å². The topological polar surface area (TPSA) is 64.6 Å². The van der Waals surface area contributed by atoms with Gasteiger partial charge in [-0.25, -0.2) is 13.1 Å². The number of methoxy groups -OCH3 is 1. The first-order valence-corrected chi connectivity index (χ1v) is 9.45. The monoisotopic (exact) mass is 405 g/mol. The van der Waals surface area contributed by atoms with Crippen molar-refractivity contribution in [1.82, 2.24) is 4.72 Å². The van der Waals surface area contributed by atoms with E-state index >= 15 is 0 Å². The fourth-order valence-corrected chi connectivity index (χ4v) is 4.83. The van der Waals surface area contributed by atoms with Crippen LogP contribution in [-0.4, -0.2) is 41.9 Å². The molecule has 0 radical (unpaired) electrons. The molecule has 0 aliphatic rings. The van der Waals surface area contributed by atoms with Gasteiger partial charge in [-0.15, -0.1) is 11.3 Å². The summed E-state index contributed by atoms with van der Waals surface area (Å²) in [5.74, 6) is 0. The quantitative estimate of drug-likeness (QED) is 0.607. The predicted molar refractivity (Wildman–Crippen MR) is 84.1 cm³/mol. The zero-order valence-corrected chi connectivity index (χ0v) is 15.0. The van der Waals surface area contributed by atoms with Gasteiger partial charge in [0.25, 0.3) is 0 Å². The van der Waals surface area contributed by atoms with Crippen LogP contribution in [-0.2, 0) is 19.5 Å². The second-order valence-corrected chi connectivity index (χ2v) is 8.67. The fraction of sp³-hybridized carbons (Fsp3) is 0.636. The number of ether oxygens (including phenoxy) is 2. The van der Waals surface area contributed by atoms with E-state index in [4.69, 9.17) is 21.1 Å². The van der Waals surface area contributed by atoms with E-state index in [2.05, 4.69) is 20.7 Å². The summed E-state index contributed by atoms with van der Waals surface area (Å²) < 4.78 is 37.4. The molecule has 1 aromatic rings. The van der Waals surface area contributed by atoms with Crippen molar-refractivity contribution in [1.29, 1.82) is 0 Å². The van der Waals surface area contributed by atoms with E-state index in [1.165, 1.54) is 6.07 Å². The molecule has 116 valence electrons. The molecule has 5 nitrogen and oxygen atoms in total. The lowest BCUT2D eigenvalue weighted by Crippen LogP contribution is -2.24. The lowest BCUT2D eigenvalue weighted by atomic mass is 10.3. The SMILES string of the molecule is COCCOCCCCNS(=O)(=O)c1cc(Cl)c(Br)s1. The minimum absolute atomic E-state index is 0.214. The molecule has 0 amide bonds. The molecule has 0 saturated heterocycles. The molecule has 0 aromatic carbocycles. The number of hydrogen-bond donors (Lipinski definition) is 1. The number of hydrogen-bond acceptors (Lipinski definition) is 5. The van der Waals surface area contributed by atoms with Gasteiger partial charge in [0.15, 0.2) is 0 Å². The first-order chi connectivity index (χ1) is 9.47. The third-order valence-electron chi connectivity index (χ3n) is 2.33. The van der Waals surface area contributed by atoms with Crippen LogP contribution >= 0.6 is 38.9 Å². The van der Waals surface area contributed by atoms with Gasteiger partial charge < -0.3 is 9.47 Å². The molecule has 1 aromatic heterocycles. The first-order valence-electron chi connectivity index (χ1n) is 5.98. The second kappa shape index (κ2) is 9.34. The van der Waals surface area contributed by atoms with Gasteiger partial charge in [0.05, 0.1) is 22.0 Å². The van der Waals surface area contributed by atoms with Gasteiger partial charge in [0.1, 0.15) is 4.21 Å². The van der Waals surface area contributed by atoms with Gasteiger partial charge in [0.2, 0.25) is 10.0 Å². The number of nitrogens with one attached hydrogen (secondary N) is 1. The molecule has 0 bridgehead atoms. The number of halogens is 2. The maximum atomic E-state index is 11.9. The molecule has 0 atom stereocenters. The smallest absolute Gasteiger partial charge is 0.250 e. The van der Waals surface area contributed by atoms with Crippen LogP contribution in [0.1, 0.15) is 12.8 Å². The van der Waals surface area contributed by atoms with Gasteiger partial charge in [-0.1, -0.05) is 11.6 Å². The number of thiophene rings is 1. The Morgan fingerprint density at radius 1 is 1.35 bits per heavy atom. The van der Waals surface area contributed by atoms with E-state index in [1.54, 1.807) is 7.11 Å². The average molecular weight is 407 g/mol. The maximum absolute atomic E-state index is 11.9. The van der Waals surface area contributed by atoms with E-state index in [9.17, 15) is 8.42 Å². The van der Waals surface area contributed by atoms with Crippen LogP contribution in [0, 0.1) is 0 Å². The fourth-order valence-electron chi connectivity index (χ4n) is 1.31. The third kappa shape index (κ3) is 6.38. The molecule has 1 N–H and O–H groups in total. The van der Waals surface area contributed by atoms with E-state index in [0.29, 0.717) is 41.6 Å². The summed E-state index contributed by atoms with van der Waals surface area (Å²) in [6, 6.07) is 1.44. The van der Waals surface area contributed by atoms with Crippen molar-refractivity contribution >= 4 is 48.9 Å². The number of rotatable bonds is 10. The Morgan fingerprint density at radius 3 is 2.70 bits per heavy atom. The minimum atomic E-state index is -3.47. The molecule has 0 spiro atoms. The summed E-state index contributed by atoms with van der Waals surface area (Å²) >= 11 is 10.1. The van der Waals surface area contributed by atoms with Crippen molar-refractivity contribution in [3.8, 4) is 0 Å². The predicted octanol–water partition coefficient (Wildman–Crippen LogP) is 2.89. The highest BCUT2D eigenvalue weighted by atomic mass is 79.9. The highest BCUT2D eigenvalue weighted by molar-refractivity contribution is 9.11. The number of sulfonamides is 1. The van der Waals surface area contributed by atoms with Crippen LogP contribution in [0.4, 0.5) is 0 Å². The van der Waals surface area contributed by atoms with E-state index in [-0.39, 0.29) is 4.21 Å². The Balaban J connectivity index is 2.24. The maximum Gasteiger partial charge on any atom is 0.250 e. The Bertz CT molecular complexity index is 487. The highest BCUT2D eigenvalue weighted by Gasteiger charge is 2.18. The normalized spacial score (nSPS) is 11.9. The van der Waals surface area contributed by atoms with Crippen molar-refractivity contribution in [2.75, 3.05) is 33.5 Å². The van der Waals surface area contributed by atoms with E-state index in [0.717, 1.165) is 17.8 Å². The van der Waals surface area contributed by atoms with Crippen LogP contribution in [0.25, 0.3) is 0 Å². The summed E-state index contributed by atoms with van der Waals surface area (Å²) in [7, 11) is -1.85. The molecular weight excluding hydrogens is 390 g/mol. The van der Waals surface area contributed by atoms with Crippen LogP contribution < -0.4 is 4.72 Å². The van der Waals surface area contributed by atoms with Crippen LogP contribution in [0.3, 0.4) is 0 Å². The molecular formula is C11H17BrClNO4S2. The van der Waals surface area contributed by atoms with Crippen molar-refractivity contribution in [2.24, 2.45) is 0 Å². The zero-order valence-electron chi connectivity index (χ0n) is 11.0. The summed E-state index contributed by atoms with van der Waals surface area (Å²) in [6.07, 6.45) is 1.51. The highest BCUT2D eigenvalue weighted by Crippen LogP contribution is 2.34. The molecule has 1 rings (SSSR count). The zero-order chi connectivity index (χ0) is 15.0. The van der Waals surface area contributed by atoms with Gasteiger partial charge in [-0.05, 0) is 34.8 Å². The van der Waals surface area contributed by atoms with Crippen molar-refractivity contribution < 1.29 is 17.9 Å². The van der Waals surface area contributed by atoms with Gasteiger partial charge >= 0.3 is 0 Å². The Labute approximate surface area is 136 Å². The summed E-state index contributed by atoms with van der Waals surface area (Å²) in [5, 5.41) is 0.405. The molecule has 9 heteroatoms. The Kier molecular flexibility index (Phi) is 8.57. The molecule has 0 aliphatic heterocycles. The van der Waals surface area contributed by atoms with Gasteiger partial charge in [-0.3, -0.25) is 0 Å². The van der Waals surface area contributed by atoms with Crippen molar-refractivity contribution in [2.45, 2.75) is 17.1 Å². The van der Waals surface area contributed by atoms with E-state index < -0.39 is 10.0 Å². The molecule has 0 unspecified atom stereocenters. The Morgan fingerprint density at radius 2 is 2.10 bits per heavy atom. The first kappa shape index (κ1) is 18.3. The lowest BCUT2D eigenvalue weighted by Gasteiger charge is -2.05. The largest absolute Gasteiger partial charge is 0.382 e. The molecule has 0 fully saturated rings. The van der Waals surface area contributed by atoms with E-state index in [1.807, 2.05) is 0 Å². The molecule has 20 heavy (non-hydrogen) atoms. The van der Waals surface area contributed by atoms with Gasteiger partial charge in [-0.2, -0.15) is 0 Å². The number of unbranched alkanes of at least 4 members (excludes halogenated alkanes) is 1. The van der Waals surface area contributed by atoms with Crippen LogP contribution in [0.5, 0.6) is 0 Å².